The van der Waals surface area contributed by atoms with Crippen LogP contribution >= 0.6 is 0 Å². The highest BCUT2D eigenvalue weighted by Crippen LogP contribution is 2.23. The van der Waals surface area contributed by atoms with Gasteiger partial charge in [-0.3, -0.25) is 4.79 Å². The Bertz CT molecular complexity index is 921. The fourth-order valence-electron chi connectivity index (χ4n) is 2.81. The van der Waals surface area contributed by atoms with Gasteiger partial charge in [-0.05, 0) is 39.6 Å². The van der Waals surface area contributed by atoms with Gasteiger partial charge in [0, 0.05) is 30.3 Å². The maximum absolute atomic E-state index is 12.4. The number of amides is 1. The van der Waals surface area contributed by atoms with Crippen LogP contribution in [0.2, 0.25) is 0 Å². The Morgan fingerprint density at radius 3 is 2.78 bits per heavy atom. The molecule has 142 valence electrons. The summed E-state index contributed by atoms with van der Waals surface area (Å²) in [6.07, 6.45) is 4.91. The quantitative estimate of drug-likeness (QED) is 0.518. The third-order valence-corrected chi connectivity index (χ3v) is 4.23. The summed E-state index contributed by atoms with van der Waals surface area (Å²) in [7, 11) is 3.82. The number of aromatic nitrogens is 3. The molecule has 0 saturated heterocycles. The molecule has 27 heavy (non-hydrogen) atoms. The number of nitrogens with zero attached hydrogens (tertiary/aromatic N) is 3. The van der Waals surface area contributed by atoms with Crippen LogP contribution in [0, 0.1) is 13.8 Å². The van der Waals surface area contributed by atoms with E-state index in [-0.39, 0.29) is 11.9 Å². The zero-order chi connectivity index (χ0) is 19.6. The van der Waals surface area contributed by atoms with Crippen LogP contribution < -0.4 is 5.43 Å². The molecule has 0 spiro atoms. The summed E-state index contributed by atoms with van der Waals surface area (Å²) >= 11 is 0. The number of rotatable bonds is 6. The summed E-state index contributed by atoms with van der Waals surface area (Å²) in [5, 5.41) is 4.03. The second-order valence-corrected chi connectivity index (χ2v) is 6.50. The number of imidazole rings is 1. The summed E-state index contributed by atoms with van der Waals surface area (Å²) < 4.78 is 5.35. The highest BCUT2D eigenvalue weighted by atomic mass is 16.5. The van der Waals surface area contributed by atoms with Crippen molar-refractivity contribution in [3.05, 3.63) is 46.3 Å². The van der Waals surface area contributed by atoms with Crippen molar-refractivity contribution >= 4 is 23.7 Å². The Morgan fingerprint density at radius 2 is 2.11 bits per heavy atom. The molecule has 0 saturated carbocycles. The van der Waals surface area contributed by atoms with E-state index in [1.54, 1.807) is 25.4 Å². The van der Waals surface area contributed by atoms with Crippen molar-refractivity contribution < 1.29 is 14.3 Å². The fourth-order valence-corrected chi connectivity index (χ4v) is 2.81. The van der Waals surface area contributed by atoms with Gasteiger partial charge in [-0.2, -0.15) is 5.10 Å². The molecule has 1 aliphatic rings. The molecule has 0 fully saturated rings. The maximum Gasteiger partial charge on any atom is 0.340 e. The van der Waals surface area contributed by atoms with Crippen LogP contribution in [0.5, 0.6) is 0 Å². The molecule has 0 radical (unpaired) electrons. The number of hydrazone groups is 1. The monoisotopic (exact) mass is 370 g/mol. The molecule has 0 aromatic carbocycles. The standard InChI is InChI=1S/C18H22N6O3/c1-10-13(21-11(2)14(10)18(26)27-8-7-24(3)4)9-12-15(22-23-17(12)25)16-19-5-6-20-16/h5-6,9,21H,7-8H2,1-4H3,(H,19,20)(H,23,25)/b12-9+. The van der Waals surface area contributed by atoms with Gasteiger partial charge >= 0.3 is 5.97 Å². The first-order chi connectivity index (χ1) is 12.9. The van der Waals surface area contributed by atoms with Crippen LogP contribution in [0.25, 0.3) is 6.08 Å². The highest BCUT2D eigenvalue weighted by molar-refractivity contribution is 6.32. The highest BCUT2D eigenvalue weighted by Gasteiger charge is 2.27. The molecule has 2 aromatic heterocycles. The van der Waals surface area contributed by atoms with Crippen molar-refractivity contribution in [2.75, 3.05) is 27.2 Å². The molecule has 1 amide bonds. The molecule has 3 N–H and O–H groups in total. The van der Waals surface area contributed by atoms with Gasteiger partial charge in [0.15, 0.2) is 5.82 Å². The lowest BCUT2D eigenvalue weighted by molar-refractivity contribution is -0.116. The number of nitrogens with one attached hydrogen (secondary N) is 3. The number of hydrogen-bond acceptors (Lipinski definition) is 6. The van der Waals surface area contributed by atoms with Crippen molar-refractivity contribution in [2.24, 2.45) is 5.10 Å². The van der Waals surface area contributed by atoms with Crippen LogP contribution in [0.4, 0.5) is 0 Å². The van der Waals surface area contributed by atoms with Gasteiger partial charge in [0.2, 0.25) is 0 Å². The summed E-state index contributed by atoms with van der Waals surface area (Å²) in [6, 6.07) is 0. The lowest BCUT2D eigenvalue weighted by Crippen LogP contribution is -2.20. The predicted octanol–water partition coefficient (Wildman–Crippen LogP) is 0.991. The summed E-state index contributed by atoms with van der Waals surface area (Å²) in [4.78, 5) is 36.8. The Morgan fingerprint density at radius 1 is 1.33 bits per heavy atom. The van der Waals surface area contributed by atoms with E-state index in [1.807, 2.05) is 25.9 Å². The van der Waals surface area contributed by atoms with Gasteiger partial charge in [-0.1, -0.05) is 0 Å². The first-order valence-corrected chi connectivity index (χ1v) is 8.49. The number of carbonyl (C=O) groups is 2. The number of H-pyrrole nitrogens is 2. The molecule has 3 heterocycles. The number of aryl methyl sites for hydroxylation is 1. The molecule has 9 heteroatoms. The number of likely N-dealkylation sites (N-methyl/N-ethyl adjacent to an activating group) is 1. The van der Waals surface area contributed by atoms with E-state index in [2.05, 4.69) is 25.5 Å². The van der Waals surface area contributed by atoms with Gasteiger partial charge in [0.25, 0.3) is 5.91 Å². The number of carbonyl (C=O) groups excluding carboxylic acids is 2. The minimum Gasteiger partial charge on any atom is -0.461 e. The Balaban J connectivity index is 1.88. The van der Waals surface area contributed by atoms with Gasteiger partial charge < -0.3 is 19.6 Å². The number of ether oxygens (including phenoxy) is 1. The lowest BCUT2D eigenvalue weighted by atomic mass is 10.1. The number of aromatic amines is 2. The first kappa shape index (κ1) is 18.6. The SMILES string of the molecule is Cc1[nH]c(/C=C2/C(=O)NN=C2c2ncc[nH]2)c(C)c1C(=O)OCCN(C)C. The first-order valence-electron chi connectivity index (χ1n) is 8.49. The molecule has 0 bridgehead atoms. The van der Waals surface area contributed by atoms with E-state index in [0.717, 1.165) is 0 Å². The van der Waals surface area contributed by atoms with Crippen molar-refractivity contribution in [2.45, 2.75) is 13.8 Å². The Hall–Kier alpha value is -3.20. The molecule has 0 atom stereocenters. The van der Waals surface area contributed by atoms with Crippen LogP contribution in [-0.2, 0) is 9.53 Å². The molecule has 9 nitrogen and oxygen atoms in total. The van der Waals surface area contributed by atoms with E-state index >= 15 is 0 Å². The van der Waals surface area contributed by atoms with E-state index in [4.69, 9.17) is 4.74 Å². The van der Waals surface area contributed by atoms with Crippen molar-refractivity contribution in [1.29, 1.82) is 0 Å². The summed E-state index contributed by atoms with van der Waals surface area (Å²) in [5.74, 6) is -0.226. The van der Waals surface area contributed by atoms with Crippen LogP contribution in [0.3, 0.4) is 0 Å². The molecular formula is C18H22N6O3. The largest absolute Gasteiger partial charge is 0.461 e. The van der Waals surface area contributed by atoms with Crippen LogP contribution in [-0.4, -0.2) is 64.7 Å². The van der Waals surface area contributed by atoms with Gasteiger partial charge in [0.1, 0.15) is 12.3 Å². The average molecular weight is 370 g/mol. The van der Waals surface area contributed by atoms with Crippen LogP contribution in [0.1, 0.15) is 33.1 Å². The number of hydrogen-bond donors (Lipinski definition) is 3. The van der Waals surface area contributed by atoms with Crippen molar-refractivity contribution in [3.63, 3.8) is 0 Å². The Labute approximate surface area is 156 Å². The second-order valence-electron chi connectivity index (χ2n) is 6.50. The molecule has 2 aromatic rings. The van der Waals surface area contributed by atoms with Crippen LogP contribution in [0.15, 0.2) is 23.1 Å². The normalized spacial score (nSPS) is 15.4. The smallest absolute Gasteiger partial charge is 0.340 e. The fraction of sp³-hybridized carbons (Fsp3) is 0.333. The van der Waals surface area contributed by atoms with Gasteiger partial charge in [-0.25, -0.2) is 15.2 Å². The molecule has 3 rings (SSSR count). The van der Waals surface area contributed by atoms with Crippen molar-refractivity contribution in [3.8, 4) is 0 Å². The minimum atomic E-state index is -0.386. The topological polar surface area (TPSA) is 115 Å². The van der Waals surface area contributed by atoms with Crippen molar-refractivity contribution in [1.82, 2.24) is 25.3 Å². The molecule has 0 aliphatic carbocycles. The van der Waals surface area contributed by atoms with Gasteiger partial charge in [0.05, 0.1) is 11.1 Å². The lowest BCUT2D eigenvalue weighted by Gasteiger charge is -2.10. The third-order valence-electron chi connectivity index (χ3n) is 4.23. The summed E-state index contributed by atoms with van der Waals surface area (Å²) in [6.45, 7) is 4.57. The zero-order valence-electron chi connectivity index (χ0n) is 15.7. The molecule has 1 aliphatic heterocycles. The molecular weight excluding hydrogens is 348 g/mol. The molecule has 0 unspecified atom stereocenters. The maximum atomic E-state index is 12.4. The van der Waals surface area contributed by atoms with E-state index in [9.17, 15) is 9.59 Å². The third kappa shape index (κ3) is 3.82. The van der Waals surface area contributed by atoms with E-state index < -0.39 is 0 Å². The predicted molar refractivity (Wildman–Crippen MR) is 100 cm³/mol. The van der Waals surface area contributed by atoms with E-state index in [0.29, 0.717) is 52.8 Å². The van der Waals surface area contributed by atoms with Gasteiger partial charge in [-0.15, -0.1) is 0 Å². The average Bonchev–Trinajstić information content (AvgIpc) is 3.30. The minimum absolute atomic E-state index is 0.310. The second kappa shape index (κ2) is 7.58. The summed E-state index contributed by atoms with van der Waals surface area (Å²) in [5.41, 5.74) is 5.76. The Kier molecular flexibility index (Phi) is 5.22. The zero-order valence-corrected chi connectivity index (χ0v) is 15.7. The van der Waals surface area contributed by atoms with E-state index in [1.165, 1.54) is 0 Å². The number of esters is 1.